The third-order valence-electron chi connectivity index (χ3n) is 4.68. The van der Waals surface area contributed by atoms with Crippen LogP contribution in [0.1, 0.15) is 5.69 Å². The lowest BCUT2D eigenvalue weighted by Gasteiger charge is -2.35. The molecule has 0 aliphatic carbocycles. The quantitative estimate of drug-likeness (QED) is 0.802. The predicted octanol–water partition coefficient (Wildman–Crippen LogP) is 2.89. The predicted molar refractivity (Wildman–Crippen MR) is 96.6 cm³/mol. The van der Waals surface area contributed by atoms with Gasteiger partial charge >= 0.3 is 0 Å². The minimum Gasteiger partial charge on any atom is -0.497 e. The lowest BCUT2D eigenvalue weighted by atomic mass is 10.2. The van der Waals surface area contributed by atoms with Crippen molar-refractivity contribution >= 4 is 16.6 Å². The highest BCUT2D eigenvalue weighted by molar-refractivity contribution is 5.81. The second-order valence-corrected chi connectivity index (χ2v) is 6.22. The van der Waals surface area contributed by atoms with Crippen molar-refractivity contribution in [2.75, 3.05) is 38.2 Å². The minimum atomic E-state index is 0.891. The third-order valence-corrected chi connectivity index (χ3v) is 4.68. The maximum atomic E-state index is 5.29. The summed E-state index contributed by atoms with van der Waals surface area (Å²) in [6.45, 7) is 5.21. The van der Waals surface area contributed by atoms with E-state index in [1.807, 2.05) is 18.5 Å². The van der Waals surface area contributed by atoms with Gasteiger partial charge in [-0.1, -0.05) is 0 Å². The van der Waals surface area contributed by atoms with Crippen LogP contribution in [0.2, 0.25) is 0 Å². The first kappa shape index (κ1) is 15.0. The van der Waals surface area contributed by atoms with Crippen LogP contribution in [-0.2, 0) is 6.54 Å². The molecule has 4 rings (SSSR count). The first-order valence-electron chi connectivity index (χ1n) is 8.35. The van der Waals surface area contributed by atoms with Gasteiger partial charge in [0.1, 0.15) is 5.75 Å². The second kappa shape index (κ2) is 6.53. The number of pyridine rings is 1. The highest BCUT2D eigenvalue weighted by Crippen LogP contribution is 2.22. The van der Waals surface area contributed by atoms with E-state index in [-0.39, 0.29) is 0 Å². The summed E-state index contributed by atoms with van der Waals surface area (Å²) in [5.74, 6) is 0.891. The zero-order valence-corrected chi connectivity index (χ0v) is 13.9. The number of aromatic nitrogens is 2. The number of rotatable bonds is 4. The summed E-state index contributed by atoms with van der Waals surface area (Å²) in [6, 6.07) is 12.6. The van der Waals surface area contributed by atoms with Crippen LogP contribution in [-0.4, -0.2) is 48.2 Å². The smallest absolute Gasteiger partial charge is 0.120 e. The fraction of sp³-hybridized carbons (Fsp3) is 0.316. The largest absolute Gasteiger partial charge is 0.497 e. The van der Waals surface area contributed by atoms with E-state index in [0.717, 1.165) is 44.0 Å². The van der Waals surface area contributed by atoms with Crippen molar-refractivity contribution in [3.05, 3.63) is 54.5 Å². The van der Waals surface area contributed by atoms with E-state index in [4.69, 9.17) is 4.74 Å². The van der Waals surface area contributed by atoms with Gasteiger partial charge in [-0.3, -0.25) is 9.88 Å². The highest BCUT2D eigenvalue weighted by Gasteiger charge is 2.17. The number of fused-ring (bicyclic) bond motifs is 1. The number of hydrogen-bond acceptors (Lipinski definition) is 4. The third kappa shape index (κ3) is 3.08. The Balaban J connectivity index is 1.40. The summed E-state index contributed by atoms with van der Waals surface area (Å²) >= 11 is 0. The molecule has 0 saturated carbocycles. The Hall–Kier alpha value is -2.53. The van der Waals surface area contributed by atoms with Gasteiger partial charge in [-0.2, -0.15) is 0 Å². The van der Waals surface area contributed by atoms with Crippen LogP contribution in [0.5, 0.6) is 5.75 Å². The molecule has 1 N–H and O–H groups in total. The minimum absolute atomic E-state index is 0.891. The summed E-state index contributed by atoms with van der Waals surface area (Å²) < 4.78 is 5.29. The van der Waals surface area contributed by atoms with Gasteiger partial charge in [0.05, 0.1) is 7.11 Å². The molecular weight excluding hydrogens is 300 g/mol. The summed E-state index contributed by atoms with van der Waals surface area (Å²) in [5.41, 5.74) is 3.66. The average molecular weight is 322 g/mol. The highest BCUT2D eigenvalue weighted by atomic mass is 16.5. The van der Waals surface area contributed by atoms with Crippen LogP contribution in [0.15, 0.2) is 48.8 Å². The van der Waals surface area contributed by atoms with Crippen molar-refractivity contribution < 1.29 is 4.74 Å². The molecular formula is C19H22N4O. The maximum absolute atomic E-state index is 5.29. The van der Waals surface area contributed by atoms with Crippen molar-refractivity contribution in [3.8, 4) is 5.75 Å². The van der Waals surface area contributed by atoms with Gasteiger partial charge in [0.25, 0.3) is 0 Å². The first-order valence-corrected chi connectivity index (χ1v) is 8.35. The number of nitrogens with one attached hydrogen (secondary N) is 1. The first-order chi connectivity index (χ1) is 11.8. The molecule has 124 valence electrons. The summed E-state index contributed by atoms with van der Waals surface area (Å²) in [4.78, 5) is 12.5. The van der Waals surface area contributed by atoms with Gasteiger partial charge < -0.3 is 14.6 Å². The molecule has 5 nitrogen and oxygen atoms in total. The number of methoxy groups -OCH3 is 1. The fourth-order valence-corrected chi connectivity index (χ4v) is 3.34. The Labute approximate surface area is 141 Å². The van der Waals surface area contributed by atoms with Crippen LogP contribution in [0.4, 0.5) is 5.69 Å². The SMILES string of the molecule is COc1ccc2cc(CN3CCN(c4ccncc4)CC3)[nH]c2c1. The van der Waals surface area contributed by atoms with Gasteiger partial charge in [-0.15, -0.1) is 0 Å². The lowest BCUT2D eigenvalue weighted by molar-refractivity contribution is 0.247. The van der Waals surface area contributed by atoms with E-state index in [2.05, 4.69) is 50.1 Å². The molecule has 0 bridgehead atoms. The zero-order chi connectivity index (χ0) is 16.4. The Kier molecular flexibility index (Phi) is 4.09. The molecule has 0 spiro atoms. The Bertz CT molecular complexity index is 807. The van der Waals surface area contributed by atoms with E-state index in [9.17, 15) is 0 Å². The Morgan fingerprint density at radius 1 is 1.04 bits per heavy atom. The Morgan fingerprint density at radius 3 is 2.58 bits per heavy atom. The summed E-state index contributed by atoms with van der Waals surface area (Å²) in [6.07, 6.45) is 3.72. The van der Waals surface area contributed by atoms with Gasteiger partial charge in [-0.05, 0) is 35.7 Å². The number of benzene rings is 1. The van der Waals surface area contributed by atoms with E-state index >= 15 is 0 Å². The normalized spacial score (nSPS) is 15.8. The van der Waals surface area contributed by atoms with Gasteiger partial charge in [0.2, 0.25) is 0 Å². The molecule has 3 heterocycles. The zero-order valence-electron chi connectivity index (χ0n) is 13.9. The Morgan fingerprint density at radius 2 is 1.83 bits per heavy atom. The molecule has 0 unspecified atom stereocenters. The molecule has 2 aromatic heterocycles. The molecule has 0 amide bonds. The lowest BCUT2D eigenvalue weighted by Crippen LogP contribution is -2.46. The van der Waals surface area contributed by atoms with Gasteiger partial charge in [0, 0.05) is 68.1 Å². The van der Waals surface area contributed by atoms with Crippen LogP contribution in [0, 0.1) is 0 Å². The topological polar surface area (TPSA) is 44.4 Å². The number of hydrogen-bond donors (Lipinski definition) is 1. The van der Waals surface area contributed by atoms with Crippen molar-refractivity contribution in [2.45, 2.75) is 6.54 Å². The van der Waals surface area contributed by atoms with Crippen LogP contribution in [0.25, 0.3) is 10.9 Å². The molecule has 1 aliphatic heterocycles. The standard InChI is InChI=1S/C19H22N4O/c1-24-18-3-2-15-12-16(21-19(15)13-18)14-22-8-10-23(11-9-22)17-4-6-20-7-5-17/h2-7,12-13,21H,8-11,14H2,1H3. The molecule has 1 saturated heterocycles. The van der Waals surface area contributed by atoms with Gasteiger partial charge in [0.15, 0.2) is 0 Å². The van der Waals surface area contributed by atoms with Crippen LogP contribution in [0.3, 0.4) is 0 Å². The number of H-pyrrole nitrogens is 1. The number of aromatic amines is 1. The second-order valence-electron chi connectivity index (χ2n) is 6.22. The molecule has 1 aliphatic rings. The number of ether oxygens (including phenoxy) is 1. The molecule has 24 heavy (non-hydrogen) atoms. The van der Waals surface area contributed by atoms with Gasteiger partial charge in [-0.25, -0.2) is 0 Å². The monoisotopic (exact) mass is 322 g/mol. The van der Waals surface area contributed by atoms with E-state index in [1.54, 1.807) is 7.11 Å². The van der Waals surface area contributed by atoms with Crippen molar-refractivity contribution in [1.29, 1.82) is 0 Å². The summed E-state index contributed by atoms with van der Waals surface area (Å²) in [7, 11) is 1.70. The van der Waals surface area contributed by atoms with Crippen molar-refractivity contribution in [3.63, 3.8) is 0 Å². The van der Waals surface area contributed by atoms with E-state index in [1.165, 1.54) is 16.8 Å². The molecule has 3 aromatic rings. The molecule has 5 heteroatoms. The van der Waals surface area contributed by atoms with Crippen molar-refractivity contribution in [1.82, 2.24) is 14.9 Å². The van der Waals surface area contributed by atoms with E-state index < -0.39 is 0 Å². The summed E-state index contributed by atoms with van der Waals surface area (Å²) in [5, 5.41) is 1.24. The van der Waals surface area contributed by atoms with Crippen LogP contribution >= 0.6 is 0 Å². The number of nitrogens with zero attached hydrogens (tertiary/aromatic N) is 3. The maximum Gasteiger partial charge on any atom is 0.120 e. The van der Waals surface area contributed by atoms with E-state index in [0.29, 0.717) is 0 Å². The van der Waals surface area contributed by atoms with Crippen LogP contribution < -0.4 is 9.64 Å². The average Bonchev–Trinajstić information content (AvgIpc) is 3.04. The molecule has 0 radical (unpaired) electrons. The molecule has 0 atom stereocenters. The van der Waals surface area contributed by atoms with Crippen molar-refractivity contribution in [2.24, 2.45) is 0 Å². The molecule has 1 aromatic carbocycles. The molecule has 1 fully saturated rings. The fourth-order valence-electron chi connectivity index (χ4n) is 3.34. The number of anilines is 1. The number of piperazine rings is 1.